The van der Waals surface area contributed by atoms with Crippen LogP contribution in [0.15, 0.2) is 30.6 Å². The smallest absolute Gasteiger partial charge is 0.208 e. The van der Waals surface area contributed by atoms with Crippen molar-refractivity contribution in [2.24, 2.45) is 0 Å². The van der Waals surface area contributed by atoms with E-state index in [9.17, 15) is 4.79 Å². The molecule has 3 aliphatic heterocycles. The summed E-state index contributed by atoms with van der Waals surface area (Å²) in [6.07, 6.45) is 3.86. The maximum atomic E-state index is 15.4. The second-order valence-corrected chi connectivity index (χ2v) is 9.18. The molecule has 0 radical (unpaired) electrons. The maximum Gasteiger partial charge on any atom is 0.208 e. The second kappa shape index (κ2) is 8.65. The first kappa shape index (κ1) is 21.1. The first-order chi connectivity index (χ1) is 15.5. The molecule has 1 aromatic heterocycles. The van der Waals surface area contributed by atoms with E-state index in [1.54, 1.807) is 6.92 Å². The van der Waals surface area contributed by atoms with Crippen molar-refractivity contribution in [3.05, 3.63) is 42.0 Å². The first-order valence-electron chi connectivity index (χ1n) is 11.4. The molecule has 4 atom stereocenters. The Hall–Kier alpha value is -2.74. The molecule has 170 valence electrons. The Kier molecular flexibility index (Phi) is 5.71. The highest BCUT2D eigenvalue weighted by Crippen LogP contribution is 2.35. The molecule has 0 amide bonds. The lowest BCUT2D eigenvalue weighted by Gasteiger charge is -2.29. The monoisotopic (exact) mass is 440 g/mol. The summed E-state index contributed by atoms with van der Waals surface area (Å²) in [6.45, 7) is 6.25. The molecule has 3 fully saturated rings. The van der Waals surface area contributed by atoms with Gasteiger partial charge in [0.25, 0.3) is 0 Å². The van der Waals surface area contributed by atoms with Crippen LogP contribution in [0.25, 0.3) is 0 Å². The number of ether oxygens (including phenoxy) is 2. The predicted molar refractivity (Wildman–Crippen MR) is 119 cm³/mol. The number of benzene rings is 1. The van der Waals surface area contributed by atoms with Gasteiger partial charge in [-0.3, -0.25) is 0 Å². The number of anilines is 2. The topological polar surface area (TPSA) is 67.8 Å². The van der Waals surface area contributed by atoms with Crippen molar-refractivity contribution in [3.8, 4) is 5.75 Å². The summed E-state index contributed by atoms with van der Waals surface area (Å²) in [4.78, 5) is 23.8. The molecule has 0 N–H and O–H groups in total. The van der Waals surface area contributed by atoms with Crippen LogP contribution in [0.2, 0.25) is 0 Å². The Morgan fingerprint density at radius 2 is 2.03 bits per heavy atom. The molecule has 8 heteroatoms. The summed E-state index contributed by atoms with van der Waals surface area (Å²) in [7, 11) is 0. The third kappa shape index (κ3) is 4.16. The normalized spacial score (nSPS) is 25.4. The number of aromatic nitrogens is 2. The standard InChI is InChI=1S/C24H29FN4O3/c1-15(9-16(2)30)17-3-5-19(6-4-17)32-20-7-8-28(11-20)23-22(25)24(27-14-26-23)29-12-21-10-18(29)13-31-21/h3-6,14-15,18,20-21H,7-13H2,1-2H3/t15-,18+,20-,21+/m1/s1. The van der Waals surface area contributed by atoms with E-state index in [0.717, 1.165) is 24.2 Å². The molecule has 0 unspecified atom stereocenters. The van der Waals surface area contributed by atoms with Crippen LogP contribution >= 0.6 is 0 Å². The van der Waals surface area contributed by atoms with Crippen LogP contribution in [0.5, 0.6) is 5.75 Å². The van der Waals surface area contributed by atoms with Crippen LogP contribution in [0, 0.1) is 5.82 Å². The van der Waals surface area contributed by atoms with Crippen molar-refractivity contribution in [2.45, 2.75) is 57.3 Å². The molecule has 2 aromatic rings. The number of rotatable bonds is 7. The molecular formula is C24H29FN4O3. The number of morpholine rings is 1. The number of hydrogen-bond donors (Lipinski definition) is 0. The summed E-state index contributed by atoms with van der Waals surface area (Å²) in [5.41, 5.74) is 1.12. The van der Waals surface area contributed by atoms with Crippen LogP contribution in [0.3, 0.4) is 0 Å². The van der Waals surface area contributed by atoms with Crippen LogP contribution < -0.4 is 14.5 Å². The third-order valence-electron chi connectivity index (χ3n) is 6.72. The fraction of sp³-hybridized carbons (Fsp3) is 0.542. The van der Waals surface area contributed by atoms with Gasteiger partial charge in [0.05, 0.1) is 25.3 Å². The van der Waals surface area contributed by atoms with Crippen LogP contribution in [0.1, 0.15) is 44.6 Å². The number of fused-ring (bicyclic) bond motifs is 2. The zero-order valence-corrected chi connectivity index (χ0v) is 18.5. The largest absolute Gasteiger partial charge is 0.489 e. The minimum Gasteiger partial charge on any atom is -0.489 e. The number of carbonyl (C=O) groups is 1. The average molecular weight is 441 g/mol. The van der Waals surface area contributed by atoms with Gasteiger partial charge in [0.15, 0.2) is 11.6 Å². The van der Waals surface area contributed by atoms with Gasteiger partial charge in [0.2, 0.25) is 5.82 Å². The maximum absolute atomic E-state index is 15.4. The minimum atomic E-state index is -0.357. The van der Waals surface area contributed by atoms with Crippen molar-refractivity contribution in [1.82, 2.24) is 9.97 Å². The molecule has 32 heavy (non-hydrogen) atoms. The van der Waals surface area contributed by atoms with Gasteiger partial charge in [-0.15, -0.1) is 0 Å². The molecule has 5 rings (SSSR count). The fourth-order valence-electron chi connectivity index (χ4n) is 5.06. The van der Waals surface area contributed by atoms with Gasteiger partial charge in [0.1, 0.15) is 24.0 Å². The highest BCUT2D eigenvalue weighted by molar-refractivity contribution is 5.76. The number of Topliss-reactive ketones (excluding diaryl/α,β-unsaturated/α-hetero) is 1. The van der Waals surface area contributed by atoms with Gasteiger partial charge in [-0.1, -0.05) is 19.1 Å². The predicted octanol–water partition coefficient (Wildman–Crippen LogP) is 3.33. The van der Waals surface area contributed by atoms with E-state index in [1.807, 2.05) is 34.1 Å². The fourth-order valence-corrected chi connectivity index (χ4v) is 5.06. The minimum absolute atomic E-state index is 0.0375. The van der Waals surface area contributed by atoms with Gasteiger partial charge in [-0.25, -0.2) is 9.97 Å². The summed E-state index contributed by atoms with van der Waals surface area (Å²) in [5.74, 6) is 1.53. The van der Waals surface area contributed by atoms with Crippen molar-refractivity contribution in [3.63, 3.8) is 0 Å². The molecule has 7 nitrogen and oxygen atoms in total. The highest BCUT2D eigenvalue weighted by atomic mass is 19.1. The van der Waals surface area contributed by atoms with Gasteiger partial charge in [0, 0.05) is 25.9 Å². The molecule has 3 saturated heterocycles. The van der Waals surface area contributed by atoms with Crippen molar-refractivity contribution >= 4 is 17.4 Å². The van der Waals surface area contributed by atoms with E-state index in [-0.39, 0.29) is 35.8 Å². The van der Waals surface area contributed by atoms with Gasteiger partial charge >= 0.3 is 0 Å². The zero-order chi connectivity index (χ0) is 22.2. The van der Waals surface area contributed by atoms with E-state index >= 15 is 4.39 Å². The molecule has 0 spiro atoms. The van der Waals surface area contributed by atoms with Gasteiger partial charge in [-0.05, 0) is 37.0 Å². The lowest BCUT2D eigenvalue weighted by atomic mass is 9.96. The Morgan fingerprint density at radius 3 is 2.72 bits per heavy atom. The summed E-state index contributed by atoms with van der Waals surface area (Å²) < 4.78 is 27.1. The Bertz CT molecular complexity index is 986. The molecule has 0 saturated carbocycles. The SMILES string of the molecule is CC(=O)C[C@@H](C)c1ccc(O[C@@H]2CCN(c3ncnc(N4C[C@@H]5C[C@H]4CO5)c3F)C2)cc1. The number of carbonyl (C=O) groups excluding carboxylic acids is 1. The van der Waals surface area contributed by atoms with E-state index in [1.165, 1.54) is 6.33 Å². The molecule has 2 bridgehead atoms. The Balaban J connectivity index is 1.22. The van der Waals surface area contributed by atoms with Gasteiger partial charge < -0.3 is 24.1 Å². The highest BCUT2D eigenvalue weighted by Gasteiger charge is 2.41. The lowest BCUT2D eigenvalue weighted by Crippen LogP contribution is -2.38. The quantitative estimate of drug-likeness (QED) is 0.654. The number of halogens is 1. The van der Waals surface area contributed by atoms with E-state index in [2.05, 4.69) is 16.9 Å². The molecule has 4 heterocycles. The van der Waals surface area contributed by atoms with E-state index in [4.69, 9.17) is 9.47 Å². The zero-order valence-electron chi connectivity index (χ0n) is 18.5. The molecule has 1 aromatic carbocycles. The summed E-state index contributed by atoms with van der Waals surface area (Å²) in [5, 5.41) is 0. The average Bonchev–Trinajstić information content (AvgIpc) is 3.51. The second-order valence-electron chi connectivity index (χ2n) is 9.18. The first-order valence-corrected chi connectivity index (χ1v) is 11.4. The molecular weight excluding hydrogens is 411 g/mol. The molecule has 0 aliphatic carbocycles. The van der Waals surface area contributed by atoms with Crippen molar-refractivity contribution < 1.29 is 18.7 Å². The van der Waals surface area contributed by atoms with Gasteiger partial charge in [-0.2, -0.15) is 4.39 Å². The molecule has 3 aliphatic rings. The Labute approximate surface area is 187 Å². The number of ketones is 1. The van der Waals surface area contributed by atoms with Crippen LogP contribution in [-0.4, -0.2) is 60.2 Å². The van der Waals surface area contributed by atoms with Crippen LogP contribution in [-0.2, 0) is 9.53 Å². The van der Waals surface area contributed by atoms with Crippen LogP contribution in [0.4, 0.5) is 16.0 Å². The summed E-state index contributed by atoms with van der Waals surface area (Å²) in [6, 6.07) is 8.12. The lowest BCUT2D eigenvalue weighted by molar-refractivity contribution is -0.117. The number of hydrogen-bond acceptors (Lipinski definition) is 7. The van der Waals surface area contributed by atoms with E-state index < -0.39 is 0 Å². The van der Waals surface area contributed by atoms with E-state index in [0.29, 0.717) is 44.3 Å². The van der Waals surface area contributed by atoms with Crippen molar-refractivity contribution in [2.75, 3.05) is 36.0 Å². The van der Waals surface area contributed by atoms with Crippen molar-refractivity contribution in [1.29, 1.82) is 0 Å². The third-order valence-corrected chi connectivity index (χ3v) is 6.72. The number of nitrogens with zero attached hydrogens (tertiary/aromatic N) is 4. The summed E-state index contributed by atoms with van der Waals surface area (Å²) >= 11 is 0. The Morgan fingerprint density at radius 1 is 1.25 bits per heavy atom.